The normalized spacial score (nSPS) is 26.1. The van der Waals surface area contributed by atoms with Gasteiger partial charge in [0.05, 0.1) is 22.6 Å². The van der Waals surface area contributed by atoms with Gasteiger partial charge in [0, 0.05) is 24.1 Å². The van der Waals surface area contributed by atoms with Crippen molar-refractivity contribution in [3.8, 4) is 6.07 Å². The van der Waals surface area contributed by atoms with Crippen molar-refractivity contribution in [1.82, 2.24) is 5.32 Å². The van der Waals surface area contributed by atoms with Crippen LogP contribution in [0.2, 0.25) is 5.02 Å². The van der Waals surface area contributed by atoms with E-state index in [0.717, 1.165) is 11.3 Å². The van der Waals surface area contributed by atoms with Gasteiger partial charge in [0.15, 0.2) is 17.6 Å². The molecule has 0 radical (unpaired) electrons. The van der Waals surface area contributed by atoms with Gasteiger partial charge in [0.25, 0.3) is 0 Å². The molecule has 25 heavy (non-hydrogen) atoms. The average Bonchev–Trinajstić information content (AvgIpc) is 2.55. The minimum Gasteiger partial charge on any atom is -0.366 e. The largest absolute Gasteiger partial charge is 0.366 e. The van der Waals surface area contributed by atoms with E-state index in [-0.39, 0.29) is 5.92 Å². The fourth-order valence-electron chi connectivity index (χ4n) is 3.44. The first-order valence-electron chi connectivity index (χ1n) is 7.91. The van der Waals surface area contributed by atoms with Gasteiger partial charge in [-0.15, -0.1) is 12.6 Å². The molecule has 1 aliphatic rings. The first-order valence-corrected chi connectivity index (χ1v) is 8.73. The number of benzene rings is 1. The molecule has 2 N–H and O–H groups in total. The molecule has 3 rings (SSSR count). The lowest BCUT2D eigenvalue weighted by Crippen LogP contribution is -2.63. The van der Waals surface area contributed by atoms with Crippen molar-refractivity contribution in [3.63, 3.8) is 0 Å². The first kappa shape index (κ1) is 17.8. The van der Waals surface area contributed by atoms with Crippen LogP contribution in [0.1, 0.15) is 30.1 Å². The summed E-state index contributed by atoms with van der Waals surface area (Å²) in [6, 6.07) is 15.0. The molecule has 0 spiro atoms. The zero-order valence-corrected chi connectivity index (χ0v) is 15.6. The second-order valence-electron chi connectivity index (χ2n) is 6.37. The third-order valence-electron chi connectivity index (χ3n) is 4.58. The SMILES string of the molecule is Cc1cccc[n+]1C1C(c2ccc(Cl)cc2)C(C#N)=C(S)NC1(C)O. The smallest absolute Gasteiger partial charge is 0.216 e. The number of nitriles is 1. The Morgan fingerprint density at radius 1 is 1.28 bits per heavy atom. The van der Waals surface area contributed by atoms with Crippen molar-refractivity contribution >= 4 is 24.2 Å². The Labute approximate surface area is 157 Å². The van der Waals surface area contributed by atoms with Gasteiger partial charge in [-0.05, 0) is 24.6 Å². The molecule has 1 aromatic heterocycles. The highest BCUT2D eigenvalue weighted by Gasteiger charge is 2.52. The monoisotopic (exact) mass is 372 g/mol. The molecular formula is C19H19ClN3OS+. The number of hydrogen-bond donors (Lipinski definition) is 3. The van der Waals surface area contributed by atoms with Crippen molar-refractivity contribution in [2.45, 2.75) is 31.5 Å². The third kappa shape index (κ3) is 3.25. The van der Waals surface area contributed by atoms with E-state index in [1.807, 2.05) is 48.0 Å². The zero-order chi connectivity index (χ0) is 18.2. The number of aromatic nitrogens is 1. The van der Waals surface area contributed by atoms with Crippen molar-refractivity contribution < 1.29 is 9.67 Å². The van der Waals surface area contributed by atoms with Crippen LogP contribution in [0.15, 0.2) is 59.3 Å². The maximum absolute atomic E-state index is 11.1. The van der Waals surface area contributed by atoms with Crippen LogP contribution < -0.4 is 9.88 Å². The van der Waals surface area contributed by atoms with E-state index in [4.69, 9.17) is 11.6 Å². The van der Waals surface area contributed by atoms with E-state index in [2.05, 4.69) is 24.0 Å². The van der Waals surface area contributed by atoms with Crippen molar-refractivity contribution in [3.05, 3.63) is 75.5 Å². The standard InChI is InChI=1S/C19H18ClN3OS/c1-12-5-3-4-10-23(12)17-16(13-6-8-14(20)9-7-13)15(11-21)18(25)22-19(17,2)24/h3-10,16-17,22,24H,1-2H3/p+1. The number of thiol groups is 1. The van der Waals surface area contributed by atoms with Gasteiger partial charge in [0.2, 0.25) is 6.04 Å². The molecule has 0 aliphatic carbocycles. The summed E-state index contributed by atoms with van der Waals surface area (Å²) >= 11 is 10.4. The van der Waals surface area contributed by atoms with Gasteiger partial charge in [-0.1, -0.05) is 29.8 Å². The maximum Gasteiger partial charge on any atom is 0.216 e. The molecule has 0 amide bonds. The van der Waals surface area contributed by atoms with Crippen LogP contribution in [0.25, 0.3) is 0 Å². The average molecular weight is 373 g/mol. The molecule has 0 saturated heterocycles. The number of hydrogen-bond acceptors (Lipinski definition) is 4. The van der Waals surface area contributed by atoms with E-state index in [1.165, 1.54) is 0 Å². The predicted octanol–water partition coefficient (Wildman–Crippen LogP) is 3.24. The highest BCUT2D eigenvalue weighted by Crippen LogP contribution is 2.43. The molecule has 4 nitrogen and oxygen atoms in total. The lowest BCUT2D eigenvalue weighted by atomic mass is 9.78. The van der Waals surface area contributed by atoms with Gasteiger partial charge < -0.3 is 10.4 Å². The first-order chi connectivity index (χ1) is 11.8. The van der Waals surface area contributed by atoms with Crippen molar-refractivity contribution in [1.29, 1.82) is 5.26 Å². The Hall–Kier alpha value is -2.00. The summed E-state index contributed by atoms with van der Waals surface area (Å²) in [5.74, 6) is -0.364. The van der Waals surface area contributed by atoms with Crippen LogP contribution in [0.4, 0.5) is 0 Å². The summed E-state index contributed by atoms with van der Waals surface area (Å²) in [6.07, 6.45) is 1.91. The molecular weight excluding hydrogens is 354 g/mol. The van der Waals surface area contributed by atoms with Gasteiger partial charge in [-0.25, -0.2) is 0 Å². The summed E-state index contributed by atoms with van der Waals surface area (Å²) in [4.78, 5) is 0. The topological polar surface area (TPSA) is 59.9 Å². The summed E-state index contributed by atoms with van der Waals surface area (Å²) in [7, 11) is 0. The lowest BCUT2D eigenvalue weighted by molar-refractivity contribution is -0.746. The minimum atomic E-state index is -1.29. The van der Waals surface area contributed by atoms with Crippen LogP contribution >= 0.6 is 24.2 Å². The van der Waals surface area contributed by atoms with Crippen LogP contribution in [0.3, 0.4) is 0 Å². The summed E-state index contributed by atoms with van der Waals surface area (Å²) in [5.41, 5.74) is 1.07. The minimum absolute atomic E-state index is 0.364. The van der Waals surface area contributed by atoms with Crippen molar-refractivity contribution in [2.75, 3.05) is 0 Å². The summed E-state index contributed by atoms with van der Waals surface area (Å²) in [5, 5.41) is 24.9. The Bertz CT molecular complexity index is 871. The number of nitrogens with one attached hydrogen (secondary N) is 1. The van der Waals surface area contributed by atoms with E-state index >= 15 is 0 Å². The van der Waals surface area contributed by atoms with E-state index in [9.17, 15) is 10.4 Å². The highest BCUT2D eigenvalue weighted by molar-refractivity contribution is 7.84. The quantitative estimate of drug-likeness (QED) is 0.560. The number of nitrogens with zero attached hydrogens (tertiary/aromatic N) is 2. The highest BCUT2D eigenvalue weighted by atomic mass is 35.5. The van der Waals surface area contributed by atoms with E-state index < -0.39 is 11.8 Å². The van der Waals surface area contributed by atoms with E-state index in [1.54, 1.807) is 19.1 Å². The molecule has 0 fully saturated rings. The summed E-state index contributed by atoms with van der Waals surface area (Å²) in [6.45, 7) is 3.67. The Balaban J connectivity index is 2.26. The number of rotatable bonds is 2. The Kier molecular flexibility index (Phi) is 4.79. The molecule has 6 heteroatoms. The van der Waals surface area contributed by atoms with Gasteiger partial charge in [0.1, 0.15) is 0 Å². The fourth-order valence-corrected chi connectivity index (χ4v) is 3.98. The third-order valence-corrected chi connectivity index (χ3v) is 5.19. The predicted molar refractivity (Wildman–Crippen MR) is 100.0 cm³/mol. The Morgan fingerprint density at radius 2 is 1.96 bits per heavy atom. The molecule has 3 unspecified atom stereocenters. The van der Waals surface area contributed by atoms with Crippen LogP contribution in [0.5, 0.6) is 0 Å². The molecule has 2 heterocycles. The second kappa shape index (κ2) is 6.72. The van der Waals surface area contributed by atoms with E-state index in [0.29, 0.717) is 15.6 Å². The molecule has 2 aromatic rings. The molecule has 3 atom stereocenters. The maximum atomic E-state index is 11.1. The molecule has 0 saturated carbocycles. The van der Waals surface area contributed by atoms with Gasteiger partial charge >= 0.3 is 0 Å². The number of halogens is 1. The number of aryl methyl sites for hydroxylation is 1. The van der Waals surface area contributed by atoms with Crippen LogP contribution in [-0.4, -0.2) is 10.8 Å². The fraction of sp³-hybridized carbons (Fsp3) is 0.263. The molecule has 1 aromatic carbocycles. The van der Waals surface area contributed by atoms with Crippen molar-refractivity contribution in [2.24, 2.45) is 0 Å². The number of aliphatic hydroxyl groups is 1. The van der Waals surface area contributed by atoms with Crippen LogP contribution in [-0.2, 0) is 0 Å². The number of allylic oxidation sites excluding steroid dienone is 1. The summed E-state index contributed by atoms with van der Waals surface area (Å²) < 4.78 is 1.99. The molecule has 1 aliphatic heterocycles. The lowest BCUT2D eigenvalue weighted by Gasteiger charge is -2.40. The Morgan fingerprint density at radius 3 is 2.56 bits per heavy atom. The molecule has 0 bridgehead atoms. The zero-order valence-electron chi connectivity index (χ0n) is 13.9. The number of pyridine rings is 1. The molecule has 128 valence electrons. The second-order valence-corrected chi connectivity index (χ2v) is 7.25. The van der Waals surface area contributed by atoms with Gasteiger partial charge in [-0.3, -0.25) is 0 Å². The van der Waals surface area contributed by atoms with Crippen LogP contribution in [0, 0.1) is 18.3 Å². The van der Waals surface area contributed by atoms with Gasteiger partial charge in [-0.2, -0.15) is 9.83 Å².